The van der Waals surface area contributed by atoms with Gasteiger partial charge in [0.05, 0.1) is 6.10 Å². The number of hydrogen-bond donors (Lipinski definition) is 1. The lowest BCUT2D eigenvalue weighted by Gasteiger charge is -2.41. The third kappa shape index (κ3) is 6.69. The molecule has 1 aliphatic heterocycles. The van der Waals surface area contributed by atoms with Crippen LogP contribution in [-0.2, 0) is 33.3 Å². The highest BCUT2D eigenvalue weighted by atomic mass is 32.3. The molecule has 2 unspecified atom stereocenters. The smallest absolute Gasteiger partial charge is 0.388 e. The molecule has 0 amide bonds. The van der Waals surface area contributed by atoms with Gasteiger partial charge in [-0.05, 0) is 18.3 Å². The van der Waals surface area contributed by atoms with Crippen LogP contribution in [0.4, 0.5) is 26.3 Å². The van der Waals surface area contributed by atoms with E-state index in [4.69, 9.17) is 9.47 Å². The van der Waals surface area contributed by atoms with Crippen molar-refractivity contribution < 1.29 is 61.4 Å². The SMILES string of the molecule is CCC1O[C@@H](OC)C(O)[C@@H](C)[C@H]1C.O=S(=O)(OS(=O)(=O)C(F)(F)F)C(F)(F)F. The standard InChI is InChI=1S/C10H20O3.C2F6O5S2/c1-5-8-6(2)7(3)9(11)10(12-4)13-8;3-1(4,5)14(9,10)13-15(11,12)2(6,7)8/h6-11H,5H2,1-4H3;/t6-,7+,8?,9?,10-;/m1./s1. The van der Waals surface area contributed by atoms with E-state index in [0.29, 0.717) is 5.92 Å². The van der Waals surface area contributed by atoms with E-state index in [9.17, 15) is 48.3 Å². The predicted octanol–water partition coefficient (Wildman–Crippen LogP) is 2.10. The summed E-state index contributed by atoms with van der Waals surface area (Å²) in [5, 5.41) is 9.77. The van der Waals surface area contributed by atoms with Gasteiger partial charge >= 0.3 is 31.3 Å². The van der Waals surface area contributed by atoms with Crippen molar-refractivity contribution in [3.05, 3.63) is 0 Å². The molecule has 1 aliphatic rings. The minimum absolute atomic E-state index is 0.211. The van der Waals surface area contributed by atoms with E-state index < -0.39 is 43.6 Å². The van der Waals surface area contributed by atoms with Crippen molar-refractivity contribution in [3.8, 4) is 0 Å². The van der Waals surface area contributed by atoms with E-state index in [-0.39, 0.29) is 12.0 Å². The molecule has 0 aromatic rings. The number of ether oxygens (including phenoxy) is 2. The molecule has 0 aromatic heterocycles. The van der Waals surface area contributed by atoms with Crippen molar-refractivity contribution in [2.45, 2.75) is 56.7 Å². The first kappa shape index (κ1) is 27.3. The molecule has 0 aliphatic carbocycles. The van der Waals surface area contributed by atoms with Gasteiger partial charge in [0.15, 0.2) is 6.29 Å². The Labute approximate surface area is 158 Å². The molecule has 1 rings (SSSR count). The Kier molecular flexibility index (Phi) is 9.19. The lowest BCUT2D eigenvalue weighted by molar-refractivity contribution is -0.261. The van der Waals surface area contributed by atoms with E-state index in [1.54, 1.807) is 7.11 Å². The van der Waals surface area contributed by atoms with Crippen LogP contribution in [0.3, 0.4) is 0 Å². The van der Waals surface area contributed by atoms with Crippen LogP contribution in [-0.4, -0.2) is 58.6 Å². The van der Waals surface area contributed by atoms with Crippen LogP contribution in [0.25, 0.3) is 0 Å². The molecular formula is C12H20F6O8S2. The molecule has 0 saturated carbocycles. The lowest BCUT2D eigenvalue weighted by atomic mass is 9.83. The molecule has 8 nitrogen and oxygen atoms in total. The first-order valence-electron chi connectivity index (χ1n) is 7.52. The monoisotopic (exact) mass is 470 g/mol. The molecule has 1 N–H and O–H groups in total. The average molecular weight is 470 g/mol. The molecule has 28 heavy (non-hydrogen) atoms. The minimum Gasteiger partial charge on any atom is -0.388 e. The van der Waals surface area contributed by atoms with Crippen LogP contribution < -0.4 is 0 Å². The molecule has 0 bridgehead atoms. The van der Waals surface area contributed by atoms with Crippen molar-refractivity contribution >= 4 is 20.2 Å². The van der Waals surface area contributed by atoms with Gasteiger partial charge in [0, 0.05) is 7.11 Å². The highest BCUT2D eigenvalue weighted by Crippen LogP contribution is 2.33. The van der Waals surface area contributed by atoms with Gasteiger partial charge in [0.25, 0.3) is 0 Å². The fourth-order valence-electron chi connectivity index (χ4n) is 2.13. The molecule has 16 heteroatoms. The fourth-order valence-corrected chi connectivity index (χ4v) is 3.69. The number of halogens is 6. The summed E-state index contributed by atoms with van der Waals surface area (Å²) in [5.74, 6) is 0.634. The number of methoxy groups -OCH3 is 1. The maximum atomic E-state index is 11.4. The van der Waals surface area contributed by atoms with Gasteiger partial charge in [-0.1, -0.05) is 20.8 Å². The highest BCUT2D eigenvalue weighted by Gasteiger charge is 2.57. The second kappa shape index (κ2) is 9.42. The summed E-state index contributed by atoms with van der Waals surface area (Å²) in [6.07, 6.45) is 0.236. The maximum Gasteiger partial charge on any atom is 0.524 e. The summed E-state index contributed by atoms with van der Waals surface area (Å²) >= 11 is 0. The number of aliphatic hydroxyl groups excluding tert-OH is 1. The summed E-state index contributed by atoms with van der Waals surface area (Å²) in [4.78, 5) is 0. The van der Waals surface area contributed by atoms with Crippen LogP contribution in [0.1, 0.15) is 27.2 Å². The van der Waals surface area contributed by atoms with Crippen LogP contribution in [0.15, 0.2) is 0 Å². The zero-order valence-corrected chi connectivity index (χ0v) is 16.6. The van der Waals surface area contributed by atoms with Crippen molar-refractivity contribution in [1.82, 2.24) is 0 Å². The van der Waals surface area contributed by atoms with Gasteiger partial charge in [-0.2, -0.15) is 43.2 Å². The summed E-state index contributed by atoms with van der Waals surface area (Å²) < 4.78 is 121. The number of aliphatic hydroxyl groups is 1. The Hall–Kier alpha value is -0.680. The van der Waals surface area contributed by atoms with Crippen molar-refractivity contribution in [1.29, 1.82) is 0 Å². The van der Waals surface area contributed by atoms with Gasteiger partial charge in [-0.15, -0.1) is 3.63 Å². The molecule has 0 spiro atoms. The highest BCUT2D eigenvalue weighted by molar-refractivity contribution is 8.00. The molecule has 5 atom stereocenters. The third-order valence-electron chi connectivity index (χ3n) is 3.92. The topological polar surface area (TPSA) is 116 Å². The Morgan fingerprint density at radius 2 is 1.32 bits per heavy atom. The third-order valence-corrected chi connectivity index (χ3v) is 6.49. The number of rotatable bonds is 4. The van der Waals surface area contributed by atoms with Crippen LogP contribution >= 0.6 is 0 Å². The Morgan fingerprint density at radius 1 is 0.929 bits per heavy atom. The number of alkyl halides is 6. The first-order valence-corrected chi connectivity index (χ1v) is 10.3. The van der Waals surface area contributed by atoms with Gasteiger partial charge in [-0.3, -0.25) is 0 Å². The molecule has 1 fully saturated rings. The van der Waals surface area contributed by atoms with E-state index >= 15 is 0 Å². The van der Waals surface area contributed by atoms with Gasteiger partial charge in [-0.25, -0.2) is 0 Å². The second-order valence-corrected chi connectivity index (χ2v) is 9.05. The summed E-state index contributed by atoms with van der Waals surface area (Å²) in [5.41, 5.74) is -12.5. The largest absolute Gasteiger partial charge is 0.524 e. The first-order chi connectivity index (χ1) is 12.3. The van der Waals surface area contributed by atoms with Gasteiger partial charge in [0.1, 0.15) is 6.10 Å². The van der Waals surface area contributed by atoms with Crippen LogP contribution in [0, 0.1) is 11.8 Å². The summed E-state index contributed by atoms with van der Waals surface area (Å²) in [7, 11) is -12.1. The minimum atomic E-state index is -6.85. The van der Waals surface area contributed by atoms with E-state index in [1.807, 2.05) is 10.6 Å². The average Bonchev–Trinajstić information content (AvgIpc) is 2.50. The van der Waals surface area contributed by atoms with Gasteiger partial charge < -0.3 is 14.6 Å². The fraction of sp³-hybridized carbons (Fsp3) is 1.00. The Balaban J connectivity index is 0.000000525. The predicted molar refractivity (Wildman–Crippen MR) is 81.3 cm³/mol. The maximum absolute atomic E-state index is 11.4. The second-order valence-electron chi connectivity index (χ2n) is 5.76. The molecule has 1 saturated heterocycles. The van der Waals surface area contributed by atoms with Gasteiger partial charge in [0.2, 0.25) is 0 Å². The molecule has 0 radical (unpaired) electrons. The Morgan fingerprint density at radius 3 is 1.61 bits per heavy atom. The normalized spacial score (nSPS) is 29.8. The Bertz CT molecular complexity index is 641. The lowest BCUT2D eigenvalue weighted by Crippen LogP contribution is -2.49. The number of hydrogen-bond acceptors (Lipinski definition) is 8. The van der Waals surface area contributed by atoms with Crippen molar-refractivity contribution in [3.63, 3.8) is 0 Å². The van der Waals surface area contributed by atoms with E-state index in [1.165, 1.54) is 0 Å². The van der Waals surface area contributed by atoms with Crippen molar-refractivity contribution in [2.75, 3.05) is 7.11 Å². The zero-order chi connectivity index (χ0) is 22.7. The summed E-state index contributed by atoms with van der Waals surface area (Å²) in [6.45, 7) is 6.26. The van der Waals surface area contributed by atoms with Crippen molar-refractivity contribution in [2.24, 2.45) is 11.8 Å². The van der Waals surface area contributed by atoms with E-state index in [0.717, 1.165) is 6.42 Å². The molecule has 1 heterocycles. The quantitative estimate of drug-likeness (QED) is 0.491. The van der Waals surface area contributed by atoms with Crippen LogP contribution in [0.5, 0.6) is 0 Å². The molecule has 170 valence electrons. The van der Waals surface area contributed by atoms with Crippen LogP contribution in [0.2, 0.25) is 0 Å². The zero-order valence-electron chi connectivity index (χ0n) is 15.0. The summed E-state index contributed by atoms with van der Waals surface area (Å²) in [6, 6.07) is 0. The molecule has 0 aromatic carbocycles. The molecular weight excluding hydrogens is 450 g/mol. The van der Waals surface area contributed by atoms with E-state index in [2.05, 4.69) is 13.8 Å².